The number of aromatic amines is 1. The molecule has 22 heavy (non-hydrogen) atoms. The number of fused-ring (bicyclic) bond motifs is 1. The van der Waals surface area contributed by atoms with Crippen LogP contribution in [0.2, 0.25) is 0 Å². The maximum Gasteiger partial charge on any atom is 0.280 e. The molecule has 120 valence electrons. The second-order valence-corrected chi connectivity index (χ2v) is 7.15. The fraction of sp³-hybridized carbons (Fsp3) is 0.643. The first-order valence-electron chi connectivity index (χ1n) is 7.59. The molecule has 1 saturated heterocycles. The summed E-state index contributed by atoms with van der Waals surface area (Å²) in [7, 11) is 3.53. The van der Waals surface area contributed by atoms with E-state index < -0.39 is 0 Å². The van der Waals surface area contributed by atoms with Gasteiger partial charge in [-0.05, 0) is 38.1 Å². The van der Waals surface area contributed by atoms with Gasteiger partial charge in [0.1, 0.15) is 0 Å². The van der Waals surface area contributed by atoms with E-state index in [0.29, 0.717) is 15.9 Å². The summed E-state index contributed by atoms with van der Waals surface area (Å²) in [4.78, 5) is 22.4. The first-order chi connectivity index (χ1) is 10.6. The van der Waals surface area contributed by atoms with E-state index in [4.69, 9.17) is 12.2 Å². The van der Waals surface area contributed by atoms with E-state index in [1.807, 2.05) is 7.05 Å². The average Bonchev–Trinajstić information content (AvgIpc) is 2.96. The molecule has 1 aliphatic rings. The molecule has 0 unspecified atom stereocenters. The second kappa shape index (κ2) is 6.55. The van der Waals surface area contributed by atoms with E-state index in [1.165, 1.54) is 36.9 Å². The number of aromatic nitrogens is 4. The van der Waals surface area contributed by atoms with Crippen LogP contribution < -0.4 is 5.56 Å². The Kier molecular flexibility index (Phi) is 4.70. The van der Waals surface area contributed by atoms with E-state index in [9.17, 15) is 4.79 Å². The number of nitrogens with zero attached hydrogens (tertiary/aromatic N) is 4. The second-order valence-electron chi connectivity index (χ2n) is 5.70. The van der Waals surface area contributed by atoms with Crippen molar-refractivity contribution in [2.45, 2.75) is 24.4 Å². The molecule has 0 aliphatic carbocycles. The SMILES string of the molecule is Cn1c(=O)c2[nH]c(SCCN3CCCCC3)nc2n(C)c1=S. The summed E-state index contributed by atoms with van der Waals surface area (Å²) in [6.45, 7) is 3.48. The molecule has 2 aromatic heterocycles. The number of likely N-dealkylation sites (tertiary alicyclic amines) is 1. The summed E-state index contributed by atoms with van der Waals surface area (Å²) in [5.74, 6) is 0.977. The zero-order chi connectivity index (χ0) is 15.7. The van der Waals surface area contributed by atoms with Crippen LogP contribution in [0.25, 0.3) is 11.2 Å². The molecule has 1 aliphatic heterocycles. The Balaban J connectivity index is 1.75. The van der Waals surface area contributed by atoms with E-state index in [1.54, 1.807) is 23.4 Å². The predicted octanol–water partition coefficient (Wildman–Crippen LogP) is 1.91. The van der Waals surface area contributed by atoms with Crippen molar-refractivity contribution in [3.63, 3.8) is 0 Å². The van der Waals surface area contributed by atoms with Gasteiger partial charge in [-0.25, -0.2) is 4.98 Å². The molecule has 8 heteroatoms. The summed E-state index contributed by atoms with van der Waals surface area (Å²) in [5.41, 5.74) is 1.04. The highest BCUT2D eigenvalue weighted by atomic mass is 32.2. The summed E-state index contributed by atoms with van der Waals surface area (Å²) >= 11 is 6.92. The third kappa shape index (κ3) is 3.00. The third-order valence-electron chi connectivity index (χ3n) is 4.17. The molecule has 1 fully saturated rings. The fourth-order valence-electron chi connectivity index (χ4n) is 2.83. The van der Waals surface area contributed by atoms with Crippen molar-refractivity contribution >= 4 is 35.1 Å². The Morgan fingerprint density at radius 3 is 2.68 bits per heavy atom. The number of aryl methyl sites for hydroxylation is 1. The lowest BCUT2D eigenvalue weighted by atomic mass is 10.1. The van der Waals surface area contributed by atoms with Crippen LogP contribution in [0.5, 0.6) is 0 Å². The topological polar surface area (TPSA) is 58.9 Å². The first-order valence-corrected chi connectivity index (χ1v) is 8.98. The molecule has 0 amide bonds. The number of rotatable bonds is 4. The Labute approximate surface area is 138 Å². The summed E-state index contributed by atoms with van der Waals surface area (Å²) in [6.07, 6.45) is 3.97. The smallest absolute Gasteiger partial charge is 0.280 e. The molecule has 6 nitrogen and oxygen atoms in total. The molecule has 0 radical (unpaired) electrons. The number of hydrogen-bond acceptors (Lipinski definition) is 5. The molecule has 0 atom stereocenters. The van der Waals surface area contributed by atoms with Crippen molar-refractivity contribution in [2.75, 3.05) is 25.4 Å². The van der Waals surface area contributed by atoms with Crippen LogP contribution in [0.3, 0.4) is 0 Å². The maximum absolute atomic E-state index is 12.2. The molecule has 3 rings (SSSR count). The van der Waals surface area contributed by atoms with Crippen molar-refractivity contribution in [3.05, 3.63) is 15.1 Å². The highest BCUT2D eigenvalue weighted by Crippen LogP contribution is 2.18. The van der Waals surface area contributed by atoms with Crippen LogP contribution in [-0.2, 0) is 14.1 Å². The minimum Gasteiger partial charge on any atom is -0.327 e. The van der Waals surface area contributed by atoms with Crippen molar-refractivity contribution in [1.29, 1.82) is 0 Å². The van der Waals surface area contributed by atoms with E-state index in [0.717, 1.165) is 17.5 Å². The van der Waals surface area contributed by atoms with Crippen molar-refractivity contribution in [2.24, 2.45) is 14.1 Å². The van der Waals surface area contributed by atoms with Crippen LogP contribution in [-0.4, -0.2) is 49.4 Å². The Hall–Kier alpha value is -1.12. The molecule has 2 aromatic rings. The maximum atomic E-state index is 12.2. The number of thioether (sulfide) groups is 1. The van der Waals surface area contributed by atoms with Gasteiger partial charge in [0.05, 0.1) is 0 Å². The van der Waals surface area contributed by atoms with Crippen LogP contribution in [0.1, 0.15) is 19.3 Å². The Morgan fingerprint density at radius 1 is 1.23 bits per heavy atom. The number of hydrogen-bond donors (Lipinski definition) is 1. The van der Waals surface area contributed by atoms with Gasteiger partial charge in [0.15, 0.2) is 21.1 Å². The van der Waals surface area contributed by atoms with Gasteiger partial charge in [-0.3, -0.25) is 9.36 Å². The van der Waals surface area contributed by atoms with E-state index >= 15 is 0 Å². The van der Waals surface area contributed by atoms with E-state index in [-0.39, 0.29) is 5.56 Å². The summed E-state index contributed by atoms with van der Waals surface area (Å²) in [6, 6.07) is 0. The quantitative estimate of drug-likeness (QED) is 0.681. The lowest BCUT2D eigenvalue weighted by Crippen LogP contribution is -2.31. The molecule has 0 saturated carbocycles. The minimum atomic E-state index is -0.117. The zero-order valence-corrected chi connectivity index (χ0v) is 14.6. The normalized spacial score (nSPS) is 16.5. The lowest BCUT2D eigenvalue weighted by Gasteiger charge is -2.25. The summed E-state index contributed by atoms with van der Waals surface area (Å²) in [5, 5.41) is 0.792. The summed E-state index contributed by atoms with van der Waals surface area (Å²) < 4.78 is 3.73. The van der Waals surface area contributed by atoms with E-state index in [2.05, 4.69) is 14.9 Å². The van der Waals surface area contributed by atoms with Gasteiger partial charge in [0, 0.05) is 26.4 Å². The minimum absolute atomic E-state index is 0.117. The Bertz CT molecular complexity index is 785. The number of imidazole rings is 1. The third-order valence-corrected chi connectivity index (χ3v) is 5.57. The highest BCUT2D eigenvalue weighted by molar-refractivity contribution is 7.99. The van der Waals surface area contributed by atoms with Gasteiger partial charge in [-0.15, -0.1) is 0 Å². The largest absolute Gasteiger partial charge is 0.327 e. The van der Waals surface area contributed by atoms with Gasteiger partial charge in [0.2, 0.25) is 0 Å². The molecule has 0 aromatic carbocycles. The van der Waals surface area contributed by atoms with Crippen LogP contribution >= 0.6 is 24.0 Å². The standard InChI is InChI=1S/C14H21N5OS2/c1-17-11-10(12(20)18(2)14(17)21)15-13(16-11)22-9-8-19-6-4-3-5-7-19/h3-9H2,1-2H3,(H,15,16). The highest BCUT2D eigenvalue weighted by Gasteiger charge is 2.13. The van der Waals surface area contributed by atoms with Crippen molar-refractivity contribution in [3.8, 4) is 0 Å². The number of piperidine rings is 1. The molecule has 1 N–H and O–H groups in total. The average molecular weight is 339 g/mol. The molecule has 0 spiro atoms. The molecule has 0 bridgehead atoms. The number of nitrogens with one attached hydrogen (secondary N) is 1. The molecular weight excluding hydrogens is 318 g/mol. The van der Waals surface area contributed by atoms with Gasteiger partial charge < -0.3 is 14.5 Å². The predicted molar refractivity (Wildman–Crippen MR) is 92.2 cm³/mol. The van der Waals surface area contributed by atoms with Crippen LogP contribution in [0.4, 0.5) is 0 Å². The van der Waals surface area contributed by atoms with Crippen LogP contribution in [0, 0.1) is 4.77 Å². The number of H-pyrrole nitrogens is 1. The van der Waals surface area contributed by atoms with Crippen molar-refractivity contribution < 1.29 is 0 Å². The van der Waals surface area contributed by atoms with Gasteiger partial charge in [-0.2, -0.15) is 0 Å². The lowest BCUT2D eigenvalue weighted by molar-refractivity contribution is 0.242. The van der Waals surface area contributed by atoms with Gasteiger partial charge >= 0.3 is 0 Å². The first kappa shape index (κ1) is 15.8. The Morgan fingerprint density at radius 2 is 1.95 bits per heavy atom. The van der Waals surface area contributed by atoms with Gasteiger partial charge in [0.25, 0.3) is 5.56 Å². The van der Waals surface area contributed by atoms with Gasteiger partial charge in [-0.1, -0.05) is 18.2 Å². The zero-order valence-electron chi connectivity index (χ0n) is 13.0. The van der Waals surface area contributed by atoms with Crippen molar-refractivity contribution in [1.82, 2.24) is 24.0 Å². The fourth-order valence-corrected chi connectivity index (χ4v) is 3.87. The molecule has 3 heterocycles. The molecular formula is C14H21N5OS2. The monoisotopic (exact) mass is 339 g/mol. The van der Waals surface area contributed by atoms with Crippen LogP contribution in [0.15, 0.2) is 9.95 Å².